The molecule has 2 aliphatic heterocycles. The molecule has 0 aliphatic carbocycles. The maximum atomic E-state index is 5.30. The molecule has 4 nitrogen and oxygen atoms in total. The van der Waals surface area contributed by atoms with E-state index in [0.717, 1.165) is 31.4 Å². The molecule has 0 amide bonds. The first-order chi connectivity index (χ1) is 9.85. The molecule has 0 radical (unpaired) electrons. The van der Waals surface area contributed by atoms with Gasteiger partial charge in [0.05, 0.1) is 7.11 Å². The van der Waals surface area contributed by atoms with E-state index in [2.05, 4.69) is 33.3 Å². The number of methoxy groups -OCH3 is 1. The molecule has 1 unspecified atom stereocenters. The fourth-order valence-corrected chi connectivity index (χ4v) is 3.33. The Morgan fingerprint density at radius 3 is 2.90 bits per heavy atom. The number of likely N-dealkylation sites (tertiary alicyclic amines) is 1. The molecule has 1 atom stereocenters. The fourth-order valence-electron chi connectivity index (χ4n) is 3.33. The van der Waals surface area contributed by atoms with Gasteiger partial charge in [-0.25, -0.2) is 0 Å². The van der Waals surface area contributed by atoms with Crippen LogP contribution in [0.25, 0.3) is 0 Å². The third-order valence-corrected chi connectivity index (χ3v) is 4.46. The van der Waals surface area contributed by atoms with Crippen LogP contribution in [0.3, 0.4) is 0 Å². The summed E-state index contributed by atoms with van der Waals surface area (Å²) < 4.78 is 5.30. The second kappa shape index (κ2) is 6.57. The van der Waals surface area contributed by atoms with Crippen molar-refractivity contribution in [2.24, 2.45) is 0 Å². The van der Waals surface area contributed by atoms with Crippen LogP contribution in [0.2, 0.25) is 0 Å². The van der Waals surface area contributed by atoms with Crippen molar-refractivity contribution in [3.8, 4) is 5.75 Å². The van der Waals surface area contributed by atoms with Gasteiger partial charge in [0.1, 0.15) is 5.75 Å². The smallest absolute Gasteiger partial charge is 0.119 e. The third-order valence-electron chi connectivity index (χ3n) is 4.46. The number of piperazine rings is 1. The quantitative estimate of drug-likeness (QED) is 0.893. The molecule has 2 heterocycles. The van der Waals surface area contributed by atoms with Gasteiger partial charge in [0.15, 0.2) is 0 Å². The van der Waals surface area contributed by atoms with Gasteiger partial charge in [-0.15, -0.1) is 0 Å². The minimum atomic E-state index is 0.753. The van der Waals surface area contributed by atoms with Gasteiger partial charge in [-0.2, -0.15) is 0 Å². The summed E-state index contributed by atoms with van der Waals surface area (Å²) in [5.41, 5.74) is 1.35. The molecule has 3 rings (SSSR count). The lowest BCUT2D eigenvalue weighted by molar-refractivity contribution is 0.170. The van der Waals surface area contributed by atoms with Crippen LogP contribution in [-0.2, 0) is 6.54 Å². The lowest BCUT2D eigenvalue weighted by Crippen LogP contribution is -2.49. The van der Waals surface area contributed by atoms with Crippen LogP contribution in [0.4, 0.5) is 0 Å². The van der Waals surface area contributed by atoms with E-state index >= 15 is 0 Å². The molecule has 110 valence electrons. The largest absolute Gasteiger partial charge is 0.497 e. The lowest BCUT2D eigenvalue weighted by atomic mass is 10.2. The van der Waals surface area contributed by atoms with Gasteiger partial charge in [0.25, 0.3) is 0 Å². The van der Waals surface area contributed by atoms with Crippen molar-refractivity contribution in [2.45, 2.75) is 19.0 Å². The molecular formula is C16H25N3O. The van der Waals surface area contributed by atoms with Crippen LogP contribution in [0.1, 0.15) is 12.0 Å². The highest BCUT2D eigenvalue weighted by Crippen LogP contribution is 2.20. The molecule has 2 saturated heterocycles. The van der Waals surface area contributed by atoms with E-state index in [1.54, 1.807) is 7.11 Å². The van der Waals surface area contributed by atoms with Gasteiger partial charge in [-0.3, -0.25) is 9.80 Å². The normalized spacial score (nSPS) is 24.9. The average molecular weight is 275 g/mol. The summed E-state index contributed by atoms with van der Waals surface area (Å²) in [6, 6.07) is 9.19. The Balaban J connectivity index is 1.54. The summed E-state index contributed by atoms with van der Waals surface area (Å²) in [5, 5.41) is 3.43. The molecular weight excluding hydrogens is 250 g/mol. The van der Waals surface area contributed by atoms with Crippen molar-refractivity contribution < 1.29 is 4.74 Å². The lowest BCUT2D eigenvalue weighted by Gasteiger charge is -2.32. The second-order valence-corrected chi connectivity index (χ2v) is 5.82. The van der Waals surface area contributed by atoms with Crippen LogP contribution in [0.15, 0.2) is 24.3 Å². The molecule has 1 aromatic carbocycles. The predicted octanol–water partition coefficient (Wildman–Crippen LogP) is 1.17. The Hall–Kier alpha value is -1.10. The van der Waals surface area contributed by atoms with Gasteiger partial charge >= 0.3 is 0 Å². The molecule has 0 saturated carbocycles. The van der Waals surface area contributed by atoms with E-state index < -0.39 is 0 Å². The van der Waals surface area contributed by atoms with Crippen molar-refractivity contribution in [3.63, 3.8) is 0 Å². The first kappa shape index (κ1) is 13.9. The molecule has 1 N–H and O–H groups in total. The Labute approximate surface area is 121 Å². The predicted molar refractivity (Wildman–Crippen MR) is 81.1 cm³/mol. The molecule has 20 heavy (non-hydrogen) atoms. The van der Waals surface area contributed by atoms with Crippen LogP contribution in [-0.4, -0.2) is 62.2 Å². The molecule has 0 aromatic heterocycles. The first-order valence-corrected chi connectivity index (χ1v) is 7.65. The summed E-state index contributed by atoms with van der Waals surface area (Å²) in [7, 11) is 1.73. The van der Waals surface area contributed by atoms with Crippen LogP contribution in [0, 0.1) is 0 Å². The number of rotatable bonds is 4. The topological polar surface area (TPSA) is 27.7 Å². The highest BCUT2D eigenvalue weighted by molar-refractivity contribution is 5.28. The molecule has 2 aliphatic rings. The Morgan fingerprint density at radius 1 is 1.25 bits per heavy atom. The zero-order chi connectivity index (χ0) is 13.8. The van der Waals surface area contributed by atoms with Gasteiger partial charge in [-0.1, -0.05) is 12.1 Å². The standard InChI is InChI=1S/C16H25N3O/c1-20-16-4-2-3-14(11-16)12-18-8-5-15(13-18)19-9-6-17-7-10-19/h2-4,11,15,17H,5-10,12-13H2,1H3. The van der Waals surface area contributed by atoms with Crippen LogP contribution >= 0.6 is 0 Å². The Kier molecular flexibility index (Phi) is 4.55. The molecule has 0 spiro atoms. The highest BCUT2D eigenvalue weighted by atomic mass is 16.5. The maximum Gasteiger partial charge on any atom is 0.119 e. The van der Waals surface area contributed by atoms with Gasteiger partial charge < -0.3 is 10.1 Å². The summed E-state index contributed by atoms with van der Waals surface area (Å²) in [5.74, 6) is 0.959. The van der Waals surface area contributed by atoms with Crippen LogP contribution in [0.5, 0.6) is 5.75 Å². The van der Waals surface area contributed by atoms with Crippen molar-refractivity contribution in [3.05, 3.63) is 29.8 Å². The number of hydrogen-bond acceptors (Lipinski definition) is 4. The Morgan fingerprint density at radius 2 is 2.10 bits per heavy atom. The van der Waals surface area contributed by atoms with E-state index in [4.69, 9.17) is 4.74 Å². The van der Waals surface area contributed by atoms with E-state index in [1.807, 2.05) is 6.07 Å². The average Bonchev–Trinajstić information content (AvgIpc) is 2.97. The fraction of sp³-hybridized carbons (Fsp3) is 0.625. The van der Waals surface area contributed by atoms with Gasteiger partial charge in [0.2, 0.25) is 0 Å². The number of benzene rings is 1. The number of nitrogens with zero attached hydrogens (tertiary/aromatic N) is 2. The number of nitrogens with one attached hydrogen (secondary N) is 1. The van der Waals surface area contributed by atoms with Crippen molar-refractivity contribution in [1.82, 2.24) is 15.1 Å². The van der Waals surface area contributed by atoms with Crippen molar-refractivity contribution >= 4 is 0 Å². The number of ether oxygens (including phenoxy) is 1. The molecule has 2 fully saturated rings. The highest BCUT2D eigenvalue weighted by Gasteiger charge is 2.28. The third kappa shape index (κ3) is 3.32. The summed E-state index contributed by atoms with van der Waals surface area (Å²) in [4.78, 5) is 5.23. The molecule has 1 aromatic rings. The molecule has 0 bridgehead atoms. The Bertz CT molecular complexity index is 431. The summed E-state index contributed by atoms with van der Waals surface area (Å²) >= 11 is 0. The van der Waals surface area contributed by atoms with Crippen molar-refractivity contribution in [2.75, 3.05) is 46.4 Å². The minimum absolute atomic E-state index is 0.753. The van der Waals surface area contributed by atoms with E-state index in [-0.39, 0.29) is 0 Å². The zero-order valence-electron chi connectivity index (χ0n) is 12.3. The van der Waals surface area contributed by atoms with E-state index in [0.29, 0.717) is 0 Å². The minimum Gasteiger partial charge on any atom is -0.497 e. The maximum absolute atomic E-state index is 5.30. The molecule has 4 heteroatoms. The van der Waals surface area contributed by atoms with E-state index in [9.17, 15) is 0 Å². The summed E-state index contributed by atoms with van der Waals surface area (Å²) in [6.07, 6.45) is 1.31. The van der Waals surface area contributed by atoms with Crippen molar-refractivity contribution in [1.29, 1.82) is 0 Å². The summed E-state index contributed by atoms with van der Waals surface area (Å²) in [6.45, 7) is 8.16. The second-order valence-electron chi connectivity index (χ2n) is 5.82. The van der Waals surface area contributed by atoms with Gasteiger partial charge in [0, 0.05) is 51.9 Å². The monoisotopic (exact) mass is 275 g/mol. The van der Waals surface area contributed by atoms with Gasteiger partial charge in [-0.05, 0) is 24.1 Å². The van der Waals surface area contributed by atoms with E-state index in [1.165, 1.54) is 38.2 Å². The first-order valence-electron chi connectivity index (χ1n) is 7.65. The zero-order valence-corrected chi connectivity index (χ0v) is 12.3. The number of hydrogen-bond donors (Lipinski definition) is 1. The SMILES string of the molecule is COc1cccc(CN2CCC(N3CCNCC3)C2)c1. The van der Waals surface area contributed by atoms with Crippen LogP contribution < -0.4 is 10.1 Å².